The highest BCUT2D eigenvalue weighted by atomic mass is 35.7. The predicted octanol–water partition coefficient (Wildman–Crippen LogP) is 2.65. The molecule has 1 rings (SSSR count). The van der Waals surface area contributed by atoms with Crippen molar-refractivity contribution < 1.29 is 30.7 Å². The predicted molar refractivity (Wildman–Crippen MR) is 46.1 cm³/mol. The number of ether oxygens (including phenoxy) is 1. The third kappa shape index (κ3) is 3.53. The molecular weight excluding hydrogens is 276 g/mol. The van der Waals surface area contributed by atoms with Gasteiger partial charge in [0, 0.05) is 16.7 Å². The Bertz CT molecular complexity index is 497. The van der Waals surface area contributed by atoms with Crippen LogP contribution in [-0.4, -0.2) is 14.8 Å². The summed E-state index contributed by atoms with van der Waals surface area (Å²) in [6.45, 7) is 0. The molecule has 0 aliphatic rings. The smallest absolute Gasteiger partial charge is 0.406 e. The molecule has 1 aromatic carbocycles. The van der Waals surface area contributed by atoms with Gasteiger partial charge in [0.25, 0.3) is 9.05 Å². The Hall–Kier alpha value is -1.02. The number of alkyl halides is 3. The topological polar surface area (TPSA) is 43.4 Å². The minimum Gasteiger partial charge on any atom is -0.406 e. The molecule has 0 N–H and O–H groups in total. The van der Waals surface area contributed by atoms with Gasteiger partial charge >= 0.3 is 6.36 Å². The molecule has 0 aliphatic heterocycles. The maximum absolute atomic E-state index is 12.9. The molecule has 16 heavy (non-hydrogen) atoms. The minimum absolute atomic E-state index is 0.352. The van der Waals surface area contributed by atoms with Gasteiger partial charge in [-0.15, -0.1) is 13.2 Å². The quantitative estimate of drug-likeness (QED) is 0.617. The van der Waals surface area contributed by atoms with E-state index >= 15 is 0 Å². The summed E-state index contributed by atoms with van der Waals surface area (Å²) in [5, 5.41) is 0. The third-order valence-corrected chi connectivity index (χ3v) is 2.74. The molecule has 0 amide bonds. The first-order valence-corrected chi connectivity index (χ1v) is 5.90. The summed E-state index contributed by atoms with van der Waals surface area (Å²) in [7, 11) is 0.341. The molecule has 0 unspecified atom stereocenters. The molecule has 90 valence electrons. The number of rotatable bonds is 2. The Kier molecular flexibility index (Phi) is 3.34. The second-order valence-corrected chi connectivity index (χ2v) is 5.11. The van der Waals surface area contributed by atoms with E-state index in [1.165, 1.54) is 0 Å². The summed E-state index contributed by atoms with van der Waals surface area (Å²) in [6.07, 6.45) is -4.99. The van der Waals surface area contributed by atoms with E-state index in [4.69, 9.17) is 10.7 Å². The van der Waals surface area contributed by atoms with Crippen molar-refractivity contribution in [2.75, 3.05) is 0 Å². The van der Waals surface area contributed by atoms with Gasteiger partial charge in [0.2, 0.25) is 0 Å². The van der Waals surface area contributed by atoms with Crippen molar-refractivity contribution in [3.63, 3.8) is 0 Å². The molecule has 0 spiro atoms. The molecule has 0 saturated carbocycles. The number of benzene rings is 1. The van der Waals surface area contributed by atoms with E-state index in [1.807, 2.05) is 0 Å². The van der Waals surface area contributed by atoms with Crippen molar-refractivity contribution in [2.24, 2.45) is 0 Å². The van der Waals surface area contributed by atoms with Crippen molar-refractivity contribution in [2.45, 2.75) is 11.3 Å². The molecule has 1 aromatic rings. The van der Waals surface area contributed by atoms with Crippen molar-refractivity contribution in [3.8, 4) is 5.75 Å². The van der Waals surface area contributed by atoms with Crippen LogP contribution in [0.4, 0.5) is 17.6 Å². The van der Waals surface area contributed by atoms with Gasteiger partial charge in [-0.3, -0.25) is 0 Å². The van der Waals surface area contributed by atoms with E-state index in [2.05, 4.69) is 4.74 Å². The van der Waals surface area contributed by atoms with E-state index in [0.29, 0.717) is 18.2 Å². The van der Waals surface area contributed by atoms with Crippen LogP contribution in [0.5, 0.6) is 5.75 Å². The van der Waals surface area contributed by atoms with E-state index in [9.17, 15) is 26.0 Å². The summed E-state index contributed by atoms with van der Waals surface area (Å²) >= 11 is 0. The molecule has 0 bridgehead atoms. The van der Waals surface area contributed by atoms with Gasteiger partial charge in [0.15, 0.2) is 0 Å². The number of halogens is 5. The molecule has 0 atom stereocenters. The van der Waals surface area contributed by atoms with Gasteiger partial charge in [0.1, 0.15) is 16.5 Å². The highest BCUT2D eigenvalue weighted by Crippen LogP contribution is 2.28. The maximum Gasteiger partial charge on any atom is 0.573 e. The molecular formula is C7H3ClF4O3S. The maximum atomic E-state index is 12.9. The van der Waals surface area contributed by atoms with Crippen LogP contribution in [0.3, 0.4) is 0 Å². The molecule has 0 aliphatic carbocycles. The van der Waals surface area contributed by atoms with Crippen LogP contribution < -0.4 is 4.74 Å². The second-order valence-electron chi connectivity index (χ2n) is 2.58. The lowest BCUT2D eigenvalue weighted by Gasteiger charge is -2.09. The molecule has 3 nitrogen and oxygen atoms in total. The van der Waals surface area contributed by atoms with E-state index in [1.54, 1.807) is 0 Å². The molecule has 0 aromatic heterocycles. The van der Waals surface area contributed by atoms with Crippen LogP contribution >= 0.6 is 10.7 Å². The summed E-state index contributed by atoms with van der Waals surface area (Å²) in [5.74, 6) is -2.13. The van der Waals surface area contributed by atoms with Crippen molar-refractivity contribution in [1.82, 2.24) is 0 Å². The Morgan fingerprint density at radius 2 is 1.81 bits per heavy atom. The van der Waals surface area contributed by atoms with Gasteiger partial charge in [0.05, 0.1) is 0 Å². The number of hydrogen-bond donors (Lipinski definition) is 0. The van der Waals surface area contributed by atoms with Gasteiger partial charge in [-0.1, -0.05) is 0 Å². The standard InChI is InChI=1S/C7H3ClF4O3S/c8-16(13,14)6-3-4(1-2-5(6)9)15-7(10,11)12/h1-3H. The first-order valence-electron chi connectivity index (χ1n) is 3.59. The molecule has 9 heteroatoms. The molecule has 0 heterocycles. The van der Waals surface area contributed by atoms with Crippen LogP contribution in [0.15, 0.2) is 23.1 Å². The fourth-order valence-electron chi connectivity index (χ4n) is 0.868. The summed E-state index contributed by atoms with van der Waals surface area (Å²) in [5.41, 5.74) is 0. The monoisotopic (exact) mass is 278 g/mol. The van der Waals surface area contributed by atoms with E-state index in [0.717, 1.165) is 0 Å². The van der Waals surface area contributed by atoms with Crippen LogP contribution in [-0.2, 0) is 9.05 Å². The van der Waals surface area contributed by atoms with Gasteiger partial charge in [-0.2, -0.15) is 0 Å². The lowest BCUT2D eigenvalue weighted by atomic mass is 10.3. The highest BCUT2D eigenvalue weighted by molar-refractivity contribution is 8.13. The Balaban J connectivity index is 3.19. The Labute approximate surface area is 92.0 Å². The summed E-state index contributed by atoms with van der Waals surface area (Å²) in [4.78, 5) is -1.07. The third-order valence-electron chi connectivity index (χ3n) is 1.40. The van der Waals surface area contributed by atoms with Gasteiger partial charge < -0.3 is 4.74 Å². The molecule has 0 saturated heterocycles. The SMILES string of the molecule is O=S(=O)(Cl)c1cc(OC(F)(F)F)ccc1F. The fourth-order valence-corrected chi connectivity index (χ4v) is 1.78. The normalized spacial score (nSPS) is 12.6. The zero-order chi connectivity index (χ0) is 12.6. The zero-order valence-electron chi connectivity index (χ0n) is 7.25. The average molecular weight is 279 g/mol. The minimum atomic E-state index is -4.99. The van der Waals surface area contributed by atoms with Crippen molar-refractivity contribution in [1.29, 1.82) is 0 Å². The van der Waals surface area contributed by atoms with Crippen LogP contribution in [0, 0.1) is 5.82 Å². The Morgan fingerprint density at radius 3 is 2.25 bits per heavy atom. The van der Waals surface area contributed by atoms with Crippen LogP contribution in [0.25, 0.3) is 0 Å². The lowest BCUT2D eigenvalue weighted by Crippen LogP contribution is -2.17. The van der Waals surface area contributed by atoms with E-state index < -0.39 is 31.9 Å². The highest BCUT2D eigenvalue weighted by Gasteiger charge is 2.31. The Morgan fingerprint density at radius 1 is 1.25 bits per heavy atom. The van der Waals surface area contributed by atoms with E-state index in [-0.39, 0.29) is 0 Å². The first-order chi connectivity index (χ1) is 7.09. The van der Waals surface area contributed by atoms with Gasteiger partial charge in [-0.05, 0) is 12.1 Å². The number of hydrogen-bond acceptors (Lipinski definition) is 3. The average Bonchev–Trinajstić information content (AvgIpc) is 2.04. The largest absolute Gasteiger partial charge is 0.573 e. The van der Waals surface area contributed by atoms with Crippen molar-refractivity contribution >= 4 is 19.7 Å². The zero-order valence-corrected chi connectivity index (χ0v) is 8.83. The molecule has 0 fully saturated rings. The second kappa shape index (κ2) is 4.10. The van der Waals surface area contributed by atoms with Crippen LogP contribution in [0.2, 0.25) is 0 Å². The summed E-state index contributed by atoms with van der Waals surface area (Å²) in [6, 6.07) is 1.50. The lowest BCUT2D eigenvalue weighted by molar-refractivity contribution is -0.274. The van der Waals surface area contributed by atoms with Gasteiger partial charge in [-0.25, -0.2) is 12.8 Å². The van der Waals surface area contributed by atoms with Crippen LogP contribution in [0.1, 0.15) is 0 Å². The molecule has 0 radical (unpaired) electrons. The summed E-state index contributed by atoms with van der Waals surface area (Å²) < 4.78 is 73.1. The van der Waals surface area contributed by atoms with Crippen molar-refractivity contribution in [3.05, 3.63) is 24.0 Å². The fraction of sp³-hybridized carbons (Fsp3) is 0.143. The first kappa shape index (κ1) is 13.0.